The lowest BCUT2D eigenvalue weighted by molar-refractivity contribution is 0.0595. The zero-order valence-corrected chi connectivity index (χ0v) is 19.5. The number of halogens is 1. The van der Waals surface area contributed by atoms with Gasteiger partial charge in [0.1, 0.15) is 5.82 Å². The number of nitrogens with zero attached hydrogens (tertiary/aromatic N) is 1. The van der Waals surface area contributed by atoms with Crippen LogP contribution in [0.2, 0.25) is 0 Å². The van der Waals surface area contributed by atoms with E-state index in [1.807, 2.05) is 0 Å². The van der Waals surface area contributed by atoms with E-state index < -0.39 is 11.8 Å². The van der Waals surface area contributed by atoms with Crippen LogP contribution in [-0.4, -0.2) is 19.6 Å². The number of aryl methyl sites for hydroxylation is 1. The Balaban J connectivity index is 1.50. The van der Waals surface area contributed by atoms with Crippen LogP contribution in [0.5, 0.6) is 0 Å². The molecule has 4 heteroatoms. The van der Waals surface area contributed by atoms with Crippen molar-refractivity contribution in [2.24, 2.45) is 5.92 Å². The van der Waals surface area contributed by atoms with Crippen molar-refractivity contribution in [3.8, 4) is 11.1 Å². The number of methoxy groups -OCH3 is 1. The number of unbranched alkanes of at least 4 members (excludes halogenated alkanes) is 1. The Morgan fingerprint density at radius 3 is 2.18 bits per heavy atom. The van der Waals surface area contributed by atoms with Gasteiger partial charge in [-0.2, -0.15) is 0 Å². The van der Waals surface area contributed by atoms with E-state index in [4.69, 9.17) is 4.74 Å². The van der Waals surface area contributed by atoms with Gasteiger partial charge in [0.25, 0.3) is 0 Å². The van der Waals surface area contributed by atoms with E-state index in [9.17, 15) is 9.18 Å². The first-order chi connectivity index (χ1) is 16.1. The van der Waals surface area contributed by atoms with Gasteiger partial charge < -0.3 is 9.64 Å². The fraction of sp³-hybridized carbons (Fsp3) is 0.345. The molecule has 0 atom stereocenters. The van der Waals surface area contributed by atoms with E-state index in [0.717, 1.165) is 18.7 Å². The summed E-state index contributed by atoms with van der Waals surface area (Å²) in [4.78, 5) is 14.2. The highest BCUT2D eigenvalue weighted by atomic mass is 19.1. The van der Waals surface area contributed by atoms with Crippen LogP contribution in [0.25, 0.3) is 11.1 Å². The first kappa shape index (κ1) is 23.0. The summed E-state index contributed by atoms with van der Waals surface area (Å²) in [5.74, 6) is -0.546. The molecule has 3 aromatic rings. The highest BCUT2D eigenvalue weighted by Gasteiger charge is 2.25. The minimum Gasteiger partial charge on any atom is -0.465 e. The molecule has 3 nitrogen and oxygen atoms in total. The lowest BCUT2D eigenvalue weighted by atomic mass is 10.0. The summed E-state index contributed by atoms with van der Waals surface area (Å²) in [6.45, 7) is 3.82. The Labute approximate surface area is 196 Å². The van der Waals surface area contributed by atoms with E-state index in [1.165, 1.54) is 61.1 Å². The molecule has 3 aromatic carbocycles. The highest BCUT2D eigenvalue weighted by molar-refractivity contribution is 5.90. The summed E-state index contributed by atoms with van der Waals surface area (Å²) in [6, 6.07) is 22.2. The van der Waals surface area contributed by atoms with Gasteiger partial charge in [-0.3, -0.25) is 0 Å². The summed E-state index contributed by atoms with van der Waals surface area (Å²) in [7, 11) is 1.27. The molecular formula is C29H32FNO2. The molecule has 0 aliphatic heterocycles. The summed E-state index contributed by atoms with van der Waals surface area (Å²) < 4.78 is 18.9. The molecule has 1 fully saturated rings. The fourth-order valence-corrected chi connectivity index (χ4v) is 4.12. The summed E-state index contributed by atoms with van der Waals surface area (Å²) >= 11 is 0. The minimum absolute atomic E-state index is 0.0199. The second-order valence-corrected chi connectivity index (χ2v) is 8.98. The molecule has 1 aliphatic carbocycles. The van der Waals surface area contributed by atoms with Crippen LogP contribution in [0.3, 0.4) is 0 Å². The van der Waals surface area contributed by atoms with Crippen molar-refractivity contribution < 1.29 is 13.9 Å². The standard InChI is InChI=1S/C29H32FNO2/c1-3-4-5-21-8-12-24(13-9-21)25-14-10-23(11-15-25)20-31(19-22-6-7-22)26-16-17-28(30)27(18-26)29(32)33-2/h8-18,22H,3-7,19-20H2,1-2H3. The maximum atomic E-state index is 14.1. The Morgan fingerprint density at radius 1 is 0.970 bits per heavy atom. The molecular weight excluding hydrogens is 413 g/mol. The number of ether oxygens (including phenoxy) is 1. The van der Waals surface area contributed by atoms with Crippen LogP contribution in [-0.2, 0) is 17.7 Å². The lowest BCUT2D eigenvalue weighted by Gasteiger charge is -2.26. The maximum absolute atomic E-state index is 14.1. The number of anilines is 1. The van der Waals surface area contributed by atoms with E-state index >= 15 is 0 Å². The largest absolute Gasteiger partial charge is 0.465 e. The second kappa shape index (κ2) is 10.7. The molecule has 0 heterocycles. The van der Waals surface area contributed by atoms with Gasteiger partial charge in [0, 0.05) is 18.8 Å². The van der Waals surface area contributed by atoms with Gasteiger partial charge >= 0.3 is 5.97 Å². The number of rotatable bonds is 10. The number of benzene rings is 3. The van der Waals surface area contributed by atoms with Gasteiger partial charge in [0.15, 0.2) is 0 Å². The first-order valence-corrected chi connectivity index (χ1v) is 11.9. The monoisotopic (exact) mass is 445 g/mol. The van der Waals surface area contributed by atoms with Gasteiger partial charge in [-0.05, 0) is 72.1 Å². The molecule has 0 spiro atoms. The predicted molar refractivity (Wildman–Crippen MR) is 132 cm³/mol. The molecule has 0 unspecified atom stereocenters. The average molecular weight is 446 g/mol. The topological polar surface area (TPSA) is 29.5 Å². The molecule has 4 rings (SSSR count). The van der Waals surface area contributed by atoms with E-state index in [0.29, 0.717) is 12.5 Å². The number of hydrogen-bond donors (Lipinski definition) is 0. The van der Waals surface area contributed by atoms with E-state index in [-0.39, 0.29) is 5.56 Å². The quantitative estimate of drug-likeness (QED) is 0.314. The van der Waals surface area contributed by atoms with Gasteiger partial charge in [0.2, 0.25) is 0 Å². The van der Waals surface area contributed by atoms with Gasteiger partial charge in [-0.1, -0.05) is 61.9 Å². The van der Waals surface area contributed by atoms with Crippen molar-refractivity contribution in [1.29, 1.82) is 0 Å². The molecule has 0 bridgehead atoms. The average Bonchev–Trinajstić information content (AvgIpc) is 3.67. The van der Waals surface area contributed by atoms with Crippen molar-refractivity contribution in [2.45, 2.75) is 45.6 Å². The van der Waals surface area contributed by atoms with Crippen molar-refractivity contribution >= 4 is 11.7 Å². The smallest absolute Gasteiger partial charge is 0.340 e. The molecule has 0 amide bonds. The van der Waals surface area contributed by atoms with Crippen LogP contribution in [0.4, 0.5) is 10.1 Å². The zero-order chi connectivity index (χ0) is 23.2. The molecule has 0 aromatic heterocycles. The zero-order valence-electron chi connectivity index (χ0n) is 19.5. The maximum Gasteiger partial charge on any atom is 0.340 e. The Kier molecular flexibility index (Phi) is 7.43. The minimum atomic E-state index is -0.647. The highest BCUT2D eigenvalue weighted by Crippen LogP contribution is 2.33. The molecule has 172 valence electrons. The van der Waals surface area contributed by atoms with Crippen LogP contribution in [0.1, 0.15) is 54.1 Å². The van der Waals surface area contributed by atoms with Crippen LogP contribution in [0, 0.1) is 11.7 Å². The van der Waals surface area contributed by atoms with Crippen molar-refractivity contribution in [3.05, 3.63) is 89.2 Å². The van der Waals surface area contributed by atoms with Gasteiger partial charge in [-0.15, -0.1) is 0 Å². The van der Waals surface area contributed by atoms with Crippen molar-refractivity contribution in [3.63, 3.8) is 0 Å². The molecule has 1 aliphatic rings. The molecule has 33 heavy (non-hydrogen) atoms. The van der Waals surface area contributed by atoms with Crippen LogP contribution in [0.15, 0.2) is 66.7 Å². The SMILES string of the molecule is CCCCc1ccc(-c2ccc(CN(CC3CC3)c3ccc(F)c(C(=O)OC)c3)cc2)cc1. The third-order valence-corrected chi connectivity index (χ3v) is 6.33. The van der Waals surface area contributed by atoms with Gasteiger partial charge in [-0.25, -0.2) is 9.18 Å². The normalized spacial score (nSPS) is 13.1. The van der Waals surface area contributed by atoms with Crippen molar-refractivity contribution in [1.82, 2.24) is 0 Å². The van der Waals surface area contributed by atoms with Gasteiger partial charge in [0.05, 0.1) is 12.7 Å². The Hall–Kier alpha value is -3.14. The third-order valence-electron chi connectivity index (χ3n) is 6.33. The number of carbonyl (C=O) groups excluding carboxylic acids is 1. The second-order valence-electron chi connectivity index (χ2n) is 8.98. The van der Waals surface area contributed by atoms with Crippen LogP contribution >= 0.6 is 0 Å². The fourth-order valence-electron chi connectivity index (χ4n) is 4.12. The molecule has 0 N–H and O–H groups in total. The van der Waals surface area contributed by atoms with Crippen LogP contribution < -0.4 is 4.90 Å². The first-order valence-electron chi connectivity index (χ1n) is 11.9. The molecule has 1 saturated carbocycles. The number of carbonyl (C=O) groups is 1. The summed E-state index contributed by atoms with van der Waals surface area (Å²) in [5, 5.41) is 0. The molecule has 0 saturated heterocycles. The summed E-state index contributed by atoms with van der Waals surface area (Å²) in [5.41, 5.74) is 5.81. The Bertz CT molecular complexity index is 1070. The van der Waals surface area contributed by atoms with Crippen molar-refractivity contribution in [2.75, 3.05) is 18.6 Å². The number of hydrogen-bond acceptors (Lipinski definition) is 3. The summed E-state index contributed by atoms with van der Waals surface area (Å²) in [6.07, 6.45) is 6.00. The lowest BCUT2D eigenvalue weighted by Crippen LogP contribution is -2.25. The third kappa shape index (κ3) is 6.01. The van der Waals surface area contributed by atoms with E-state index in [2.05, 4.69) is 60.4 Å². The number of esters is 1. The van der Waals surface area contributed by atoms with E-state index in [1.54, 1.807) is 12.1 Å². The Morgan fingerprint density at radius 2 is 1.61 bits per heavy atom. The predicted octanol–water partition coefficient (Wildman–Crippen LogP) is 7.04. The molecule has 0 radical (unpaired) electrons.